The van der Waals surface area contributed by atoms with Gasteiger partial charge in [-0.05, 0) is 62.8 Å². The van der Waals surface area contributed by atoms with E-state index in [-0.39, 0.29) is 12.5 Å². The molecule has 0 bridgehead atoms. The summed E-state index contributed by atoms with van der Waals surface area (Å²) in [5.74, 6) is 2.54. The van der Waals surface area contributed by atoms with Gasteiger partial charge < -0.3 is 14.2 Å². The van der Waals surface area contributed by atoms with Gasteiger partial charge in [0, 0.05) is 24.6 Å². The van der Waals surface area contributed by atoms with Gasteiger partial charge in [-0.25, -0.2) is 0 Å². The fourth-order valence-electron chi connectivity index (χ4n) is 3.26. The lowest BCUT2D eigenvalue weighted by atomic mass is 10.1. The normalized spacial score (nSPS) is 18.0. The van der Waals surface area contributed by atoms with Crippen molar-refractivity contribution in [3.63, 3.8) is 0 Å². The molecule has 6 nitrogen and oxygen atoms in total. The molecule has 0 radical (unpaired) electrons. The number of benzene rings is 1. The Morgan fingerprint density at radius 1 is 1.28 bits per heavy atom. The molecule has 2 aliphatic carbocycles. The van der Waals surface area contributed by atoms with Crippen LogP contribution in [-0.4, -0.2) is 39.6 Å². The minimum absolute atomic E-state index is 0.0915. The van der Waals surface area contributed by atoms with Gasteiger partial charge in [0.25, 0.3) is 5.91 Å². The summed E-state index contributed by atoms with van der Waals surface area (Å²) in [4.78, 5) is 18.9. The second-order valence-electron chi connectivity index (χ2n) is 7.06. The molecule has 1 aromatic heterocycles. The van der Waals surface area contributed by atoms with Crippen LogP contribution in [0, 0.1) is 12.8 Å². The van der Waals surface area contributed by atoms with E-state index in [1.807, 2.05) is 24.3 Å². The van der Waals surface area contributed by atoms with Crippen molar-refractivity contribution < 1.29 is 14.1 Å². The molecule has 132 valence electrons. The van der Waals surface area contributed by atoms with Crippen molar-refractivity contribution in [2.45, 2.75) is 51.6 Å². The maximum atomic E-state index is 12.6. The Morgan fingerprint density at radius 2 is 2.00 bits per heavy atom. The van der Waals surface area contributed by atoms with E-state index in [0.29, 0.717) is 35.5 Å². The highest BCUT2D eigenvalue weighted by molar-refractivity contribution is 5.79. The zero-order valence-electron chi connectivity index (χ0n) is 14.6. The summed E-state index contributed by atoms with van der Waals surface area (Å²) in [6.45, 7) is 4.03. The zero-order chi connectivity index (χ0) is 17.4. The van der Waals surface area contributed by atoms with Gasteiger partial charge in [-0.1, -0.05) is 5.16 Å². The van der Waals surface area contributed by atoms with Gasteiger partial charge in [0.05, 0.1) is 0 Å². The summed E-state index contributed by atoms with van der Waals surface area (Å²) < 4.78 is 10.7. The van der Waals surface area contributed by atoms with Crippen LogP contribution in [0.15, 0.2) is 28.8 Å². The number of amides is 1. The van der Waals surface area contributed by atoms with E-state index in [9.17, 15) is 4.79 Å². The zero-order valence-corrected chi connectivity index (χ0v) is 14.6. The van der Waals surface area contributed by atoms with Crippen molar-refractivity contribution in [1.29, 1.82) is 0 Å². The van der Waals surface area contributed by atoms with Crippen LogP contribution in [0.1, 0.15) is 38.5 Å². The molecule has 0 N–H and O–H groups in total. The topological polar surface area (TPSA) is 68.5 Å². The maximum Gasteiger partial charge on any atom is 0.261 e. The van der Waals surface area contributed by atoms with E-state index in [1.54, 1.807) is 6.92 Å². The first kappa shape index (κ1) is 16.1. The maximum absolute atomic E-state index is 12.6. The van der Waals surface area contributed by atoms with Crippen LogP contribution in [0.4, 0.5) is 0 Å². The predicted molar refractivity (Wildman–Crippen MR) is 92.0 cm³/mol. The van der Waals surface area contributed by atoms with E-state index in [1.165, 1.54) is 12.8 Å². The summed E-state index contributed by atoms with van der Waals surface area (Å²) >= 11 is 0. The third kappa shape index (κ3) is 3.67. The summed E-state index contributed by atoms with van der Waals surface area (Å²) in [5.41, 5.74) is 0.859. The van der Waals surface area contributed by atoms with Crippen molar-refractivity contribution >= 4 is 5.91 Å². The molecule has 0 saturated heterocycles. The second-order valence-corrected chi connectivity index (χ2v) is 7.06. The number of aromatic nitrogens is 2. The predicted octanol–water partition coefficient (Wildman–Crippen LogP) is 3.21. The standard InChI is InChI=1S/C19H23N3O3/c1-12(14-3-4-14)22(16-7-8-16)18(23)11-24-17-9-5-15(6-10-17)19-20-13(2)25-21-19/h5-6,9-10,12,14,16H,3-4,7-8,11H2,1-2H3/t12-/m0/s1. The molecule has 0 unspecified atom stereocenters. The second kappa shape index (κ2) is 6.50. The molecule has 2 aromatic rings. The average Bonchev–Trinajstić information content (AvgIpc) is 3.52. The molecule has 25 heavy (non-hydrogen) atoms. The van der Waals surface area contributed by atoms with Crippen LogP contribution in [0.3, 0.4) is 0 Å². The lowest BCUT2D eigenvalue weighted by molar-refractivity contribution is -0.136. The Morgan fingerprint density at radius 3 is 2.56 bits per heavy atom. The van der Waals surface area contributed by atoms with Crippen molar-refractivity contribution in [2.75, 3.05) is 6.61 Å². The van der Waals surface area contributed by atoms with Crippen LogP contribution in [0.5, 0.6) is 5.75 Å². The van der Waals surface area contributed by atoms with Crippen LogP contribution in [0.2, 0.25) is 0 Å². The Hall–Kier alpha value is -2.37. The van der Waals surface area contributed by atoms with Gasteiger partial charge in [-0.15, -0.1) is 0 Å². The Labute approximate surface area is 147 Å². The van der Waals surface area contributed by atoms with E-state index < -0.39 is 0 Å². The van der Waals surface area contributed by atoms with Crippen molar-refractivity contribution in [3.8, 4) is 17.1 Å². The number of ether oxygens (including phenoxy) is 1. The summed E-state index contributed by atoms with van der Waals surface area (Å²) in [6, 6.07) is 8.17. The highest BCUT2D eigenvalue weighted by Crippen LogP contribution is 2.39. The molecule has 1 aromatic carbocycles. The number of hydrogen-bond donors (Lipinski definition) is 0. The van der Waals surface area contributed by atoms with Crippen molar-refractivity contribution in [2.24, 2.45) is 5.92 Å². The first-order valence-corrected chi connectivity index (χ1v) is 8.96. The fourth-order valence-corrected chi connectivity index (χ4v) is 3.26. The first-order chi connectivity index (χ1) is 12.1. The smallest absolute Gasteiger partial charge is 0.261 e. The van der Waals surface area contributed by atoms with E-state index >= 15 is 0 Å². The van der Waals surface area contributed by atoms with Gasteiger partial charge in [0.15, 0.2) is 6.61 Å². The molecule has 2 saturated carbocycles. The lowest BCUT2D eigenvalue weighted by Gasteiger charge is -2.29. The van der Waals surface area contributed by atoms with Crippen LogP contribution in [0.25, 0.3) is 11.4 Å². The van der Waals surface area contributed by atoms with Gasteiger partial charge in [-0.2, -0.15) is 4.98 Å². The number of carbonyl (C=O) groups is 1. The Balaban J connectivity index is 1.36. The quantitative estimate of drug-likeness (QED) is 0.773. The van der Waals surface area contributed by atoms with Crippen LogP contribution >= 0.6 is 0 Å². The molecule has 4 rings (SSSR count). The third-order valence-electron chi connectivity index (χ3n) is 4.97. The monoisotopic (exact) mass is 341 g/mol. The minimum Gasteiger partial charge on any atom is -0.484 e. The molecule has 6 heteroatoms. The van der Waals surface area contributed by atoms with E-state index in [0.717, 1.165) is 18.4 Å². The molecule has 1 heterocycles. The summed E-state index contributed by atoms with van der Waals surface area (Å²) in [5, 5.41) is 3.89. The Bertz CT molecular complexity index is 748. The van der Waals surface area contributed by atoms with Gasteiger partial charge >= 0.3 is 0 Å². The highest BCUT2D eigenvalue weighted by atomic mass is 16.5. The molecule has 0 spiro atoms. The summed E-state index contributed by atoms with van der Waals surface area (Å²) in [7, 11) is 0. The molecule has 2 aliphatic rings. The number of hydrogen-bond acceptors (Lipinski definition) is 5. The summed E-state index contributed by atoms with van der Waals surface area (Å²) in [6.07, 6.45) is 4.74. The Kier molecular flexibility index (Phi) is 4.19. The van der Waals surface area contributed by atoms with Crippen LogP contribution < -0.4 is 4.74 Å². The minimum atomic E-state index is 0.0915. The SMILES string of the molecule is Cc1nc(-c2ccc(OCC(=O)N(C3CC3)[C@@H](C)C3CC3)cc2)no1. The molecular formula is C19H23N3O3. The number of carbonyl (C=O) groups excluding carboxylic acids is 1. The molecule has 1 atom stereocenters. The molecule has 1 amide bonds. The van der Waals surface area contributed by atoms with Crippen molar-refractivity contribution in [1.82, 2.24) is 15.0 Å². The van der Waals surface area contributed by atoms with Gasteiger partial charge in [0.2, 0.25) is 11.7 Å². The number of nitrogens with zero attached hydrogens (tertiary/aromatic N) is 3. The lowest BCUT2D eigenvalue weighted by Crippen LogP contribution is -2.44. The largest absolute Gasteiger partial charge is 0.484 e. The number of rotatable bonds is 7. The van der Waals surface area contributed by atoms with Crippen molar-refractivity contribution in [3.05, 3.63) is 30.2 Å². The fraction of sp³-hybridized carbons (Fsp3) is 0.526. The van der Waals surface area contributed by atoms with Gasteiger partial charge in [0.1, 0.15) is 5.75 Å². The highest BCUT2D eigenvalue weighted by Gasteiger charge is 2.41. The van der Waals surface area contributed by atoms with E-state index in [4.69, 9.17) is 9.26 Å². The molecular weight excluding hydrogens is 318 g/mol. The number of aryl methyl sites for hydroxylation is 1. The first-order valence-electron chi connectivity index (χ1n) is 8.96. The average molecular weight is 341 g/mol. The van der Waals surface area contributed by atoms with E-state index in [2.05, 4.69) is 22.0 Å². The molecule has 0 aliphatic heterocycles. The van der Waals surface area contributed by atoms with Crippen LogP contribution in [-0.2, 0) is 4.79 Å². The molecule has 2 fully saturated rings. The van der Waals surface area contributed by atoms with Gasteiger partial charge in [-0.3, -0.25) is 4.79 Å². The third-order valence-corrected chi connectivity index (χ3v) is 4.97.